The number of amides is 1. The predicted molar refractivity (Wildman–Crippen MR) is 54.5 cm³/mol. The molecule has 0 radical (unpaired) electrons. The summed E-state index contributed by atoms with van der Waals surface area (Å²) in [5.74, 6) is -3.14. The van der Waals surface area contributed by atoms with Gasteiger partial charge in [-0.2, -0.15) is 0 Å². The van der Waals surface area contributed by atoms with Gasteiger partial charge in [0.05, 0.1) is 6.61 Å². The Labute approximate surface area is 97.1 Å². The second-order valence-corrected chi connectivity index (χ2v) is 3.55. The molecule has 1 unspecified atom stereocenters. The molecule has 96 valence electrons. The highest BCUT2D eigenvalue weighted by molar-refractivity contribution is 5.88. The van der Waals surface area contributed by atoms with E-state index < -0.39 is 37.0 Å². The third-order valence-electron chi connectivity index (χ3n) is 2.17. The lowest BCUT2D eigenvalue weighted by molar-refractivity contribution is -0.155. The molecule has 8 heteroatoms. The molecule has 3 N–H and O–H groups in total. The van der Waals surface area contributed by atoms with E-state index in [-0.39, 0.29) is 6.54 Å². The Kier molecular flexibility index (Phi) is 4.85. The largest absolute Gasteiger partial charge is 0.480 e. The van der Waals surface area contributed by atoms with Crippen LogP contribution in [0.25, 0.3) is 0 Å². The van der Waals surface area contributed by atoms with Gasteiger partial charge in [0.25, 0.3) is 5.91 Å². The Hall–Kier alpha value is -1.67. The van der Waals surface area contributed by atoms with Crippen molar-refractivity contribution in [3.63, 3.8) is 0 Å². The fraction of sp³-hybridized carbons (Fsp3) is 0.667. The van der Waals surface area contributed by atoms with Crippen LogP contribution in [0, 0.1) is 0 Å². The molecule has 1 heterocycles. The van der Waals surface area contributed by atoms with Gasteiger partial charge in [-0.15, -0.1) is 0 Å². The molecule has 0 aromatic heterocycles. The van der Waals surface area contributed by atoms with E-state index in [1.54, 1.807) is 0 Å². The number of nitrogens with zero attached hydrogens (tertiary/aromatic N) is 1. The lowest BCUT2D eigenvalue weighted by Gasteiger charge is -2.27. The molecular formula is C9H14N2O6. The van der Waals surface area contributed by atoms with Gasteiger partial charge in [0.15, 0.2) is 0 Å². The first-order valence-corrected chi connectivity index (χ1v) is 5.05. The van der Waals surface area contributed by atoms with Crippen molar-refractivity contribution in [3.8, 4) is 0 Å². The predicted octanol–water partition coefficient (Wildman–Crippen LogP) is -2.03. The van der Waals surface area contributed by atoms with Crippen molar-refractivity contribution in [2.45, 2.75) is 6.10 Å². The molecule has 0 aromatic carbocycles. The van der Waals surface area contributed by atoms with E-state index in [0.29, 0.717) is 13.2 Å². The molecule has 1 atom stereocenters. The summed E-state index contributed by atoms with van der Waals surface area (Å²) in [6.45, 7) is -0.0867. The van der Waals surface area contributed by atoms with Gasteiger partial charge in [0, 0.05) is 13.1 Å². The Balaban J connectivity index is 2.63. The normalized spacial score (nSPS) is 19.6. The molecule has 0 aromatic rings. The summed E-state index contributed by atoms with van der Waals surface area (Å²) < 4.78 is 5.14. The van der Waals surface area contributed by atoms with Crippen molar-refractivity contribution in [2.75, 3.05) is 32.8 Å². The summed E-state index contributed by atoms with van der Waals surface area (Å²) in [6.07, 6.45) is -0.817. The zero-order valence-corrected chi connectivity index (χ0v) is 9.09. The number of hydrogen-bond donors (Lipinski definition) is 3. The highest BCUT2D eigenvalue weighted by Crippen LogP contribution is 2.02. The minimum Gasteiger partial charge on any atom is -0.480 e. The maximum atomic E-state index is 11.8. The molecule has 1 saturated heterocycles. The molecule has 1 aliphatic rings. The van der Waals surface area contributed by atoms with Crippen molar-refractivity contribution >= 4 is 17.8 Å². The van der Waals surface area contributed by atoms with Gasteiger partial charge in [-0.25, -0.2) is 0 Å². The third kappa shape index (κ3) is 4.37. The first-order valence-electron chi connectivity index (χ1n) is 5.05. The second-order valence-electron chi connectivity index (χ2n) is 3.55. The quantitative estimate of drug-likeness (QED) is 0.512. The molecule has 0 aliphatic carbocycles. The number of carboxylic acid groups (broad SMARTS) is 2. The van der Waals surface area contributed by atoms with Crippen LogP contribution in [0.1, 0.15) is 0 Å². The molecular weight excluding hydrogens is 232 g/mol. The number of nitrogens with one attached hydrogen (secondary N) is 1. The minimum atomic E-state index is -1.26. The van der Waals surface area contributed by atoms with Gasteiger partial charge >= 0.3 is 11.9 Å². The molecule has 1 aliphatic heterocycles. The van der Waals surface area contributed by atoms with E-state index in [2.05, 4.69) is 5.32 Å². The van der Waals surface area contributed by atoms with Gasteiger partial charge < -0.3 is 25.2 Å². The minimum absolute atomic E-state index is 0.259. The molecule has 1 rings (SSSR count). The summed E-state index contributed by atoms with van der Waals surface area (Å²) in [7, 11) is 0. The SMILES string of the molecule is O=C(O)CN(CC(=O)O)C(=O)C1CNCCO1. The molecule has 17 heavy (non-hydrogen) atoms. The highest BCUT2D eigenvalue weighted by Gasteiger charge is 2.29. The summed E-state index contributed by atoms with van der Waals surface area (Å²) in [5, 5.41) is 20.1. The number of aliphatic carboxylic acids is 2. The van der Waals surface area contributed by atoms with Gasteiger partial charge in [0.1, 0.15) is 19.2 Å². The first kappa shape index (κ1) is 13.4. The Bertz CT molecular complexity index is 297. The molecule has 8 nitrogen and oxygen atoms in total. The van der Waals surface area contributed by atoms with Crippen molar-refractivity contribution in [3.05, 3.63) is 0 Å². The van der Waals surface area contributed by atoms with Crippen LogP contribution in [-0.4, -0.2) is 71.8 Å². The highest BCUT2D eigenvalue weighted by atomic mass is 16.5. The summed E-state index contributed by atoms with van der Waals surface area (Å²) >= 11 is 0. The van der Waals surface area contributed by atoms with Gasteiger partial charge in [-0.3, -0.25) is 14.4 Å². The lowest BCUT2D eigenvalue weighted by atomic mass is 10.2. The van der Waals surface area contributed by atoms with Crippen LogP contribution in [0.5, 0.6) is 0 Å². The number of carbonyl (C=O) groups excluding carboxylic acids is 1. The van der Waals surface area contributed by atoms with E-state index in [4.69, 9.17) is 14.9 Å². The number of carbonyl (C=O) groups is 3. The number of ether oxygens (including phenoxy) is 1. The molecule has 0 saturated carbocycles. The molecule has 1 amide bonds. The molecule has 0 spiro atoms. The average Bonchev–Trinajstić information content (AvgIpc) is 2.27. The summed E-state index contributed by atoms with van der Waals surface area (Å²) in [5.41, 5.74) is 0. The molecule has 1 fully saturated rings. The smallest absolute Gasteiger partial charge is 0.323 e. The Morgan fingerprint density at radius 2 is 1.82 bits per heavy atom. The van der Waals surface area contributed by atoms with E-state index >= 15 is 0 Å². The Morgan fingerprint density at radius 3 is 2.24 bits per heavy atom. The monoisotopic (exact) mass is 246 g/mol. The van der Waals surface area contributed by atoms with Crippen LogP contribution >= 0.6 is 0 Å². The van der Waals surface area contributed by atoms with Crippen molar-refractivity contribution in [2.24, 2.45) is 0 Å². The van der Waals surface area contributed by atoms with Crippen LogP contribution in [0.2, 0.25) is 0 Å². The van der Waals surface area contributed by atoms with Gasteiger partial charge in [-0.1, -0.05) is 0 Å². The van der Waals surface area contributed by atoms with E-state index in [1.807, 2.05) is 0 Å². The first-order chi connectivity index (χ1) is 8.00. The van der Waals surface area contributed by atoms with Gasteiger partial charge in [-0.05, 0) is 0 Å². The number of hydrogen-bond acceptors (Lipinski definition) is 5. The van der Waals surface area contributed by atoms with Gasteiger partial charge in [0.2, 0.25) is 0 Å². The number of morpholine rings is 1. The standard InChI is InChI=1S/C9H14N2O6/c12-7(13)4-11(5-8(14)15)9(16)6-3-10-1-2-17-6/h6,10H,1-5H2,(H,12,13)(H,14,15). The number of rotatable bonds is 5. The maximum Gasteiger partial charge on any atom is 0.323 e. The van der Waals surface area contributed by atoms with Crippen LogP contribution < -0.4 is 5.32 Å². The summed E-state index contributed by atoms with van der Waals surface area (Å²) in [4.78, 5) is 33.6. The van der Waals surface area contributed by atoms with Crippen LogP contribution in [-0.2, 0) is 19.1 Å². The Morgan fingerprint density at radius 1 is 1.24 bits per heavy atom. The fourth-order valence-electron chi connectivity index (χ4n) is 1.47. The van der Waals surface area contributed by atoms with Crippen LogP contribution in [0.4, 0.5) is 0 Å². The van der Waals surface area contributed by atoms with Crippen molar-refractivity contribution < 1.29 is 29.3 Å². The van der Waals surface area contributed by atoms with Crippen molar-refractivity contribution in [1.82, 2.24) is 10.2 Å². The zero-order chi connectivity index (χ0) is 12.8. The zero-order valence-electron chi connectivity index (χ0n) is 9.09. The third-order valence-corrected chi connectivity index (χ3v) is 2.17. The fourth-order valence-corrected chi connectivity index (χ4v) is 1.47. The average molecular weight is 246 g/mol. The van der Waals surface area contributed by atoms with Crippen molar-refractivity contribution in [1.29, 1.82) is 0 Å². The molecule has 0 bridgehead atoms. The second kappa shape index (κ2) is 6.16. The number of carboxylic acids is 2. The van der Waals surface area contributed by atoms with E-state index in [9.17, 15) is 14.4 Å². The summed E-state index contributed by atoms with van der Waals surface area (Å²) in [6, 6.07) is 0. The topological polar surface area (TPSA) is 116 Å². The van der Waals surface area contributed by atoms with E-state index in [1.165, 1.54) is 0 Å². The maximum absolute atomic E-state index is 11.8. The van der Waals surface area contributed by atoms with Crippen LogP contribution in [0.15, 0.2) is 0 Å². The van der Waals surface area contributed by atoms with E-state index in [0.717, 1.165) is 4.90 Å². The lowest BCUT2D eigenvalue weighted by Crippen LogP contribution is -2.51. The van der Waals surface area contributed by atoms with Crippen LogP contribution in [0.3, 0.4) is 0 Å².